The Kier molecular flexibility index (Phi) is 4.95. The van der Waals surface area contributed by atoms with Crippen molar-refractivity contribution in [3.63, 3.8) is 0 Å². The molecule has 0 saturated carbocycles. The summed E-state index contributed by atoms with van der Waals surface area (Å²) in [6.45, 7) is 4.56. The Morgan fingerprint density at radius 1 is 1.48 bits per heavy atom. The number of benzene rings is 1. The number of carbonyl (C=O) groups excluding carboxylic acids is 1. The number of tetrazole rings is 1. The van der Waals surface area contributed by atoms with Crippen molar-refractivity contribution < 1.29 is 4.79 Å². The van der Waals surface area contributed by atoms with Gasteiger partial charge in [-0.3, -0.25) is 4.79 Å². The molecule has 23 heavy (non-hydrogen) atoms. The largest absolute Gasteiger partial charge is 0.348 e. The maximum absolute atomic E-state index is 12.5. The Hall–Kier alpha value is -1.89. The number of thioether (sulfide) groups is 1. The van der Waals surface area contributed by atoms with Gasteiger partial charge < -0.3 is 5.32 Å². The lowest BCUT2D eigenvalue weighted by atomic mass is 9.88. The fourth-order valence-electron chi connectivity index (χ4n) is 2.88. The molecular formula is C16H21N5OS. The van der Waals surface area contributed by atoms with Gasteiger partial charge in [0.25, 0.3) is 0 Å². The average Bonchev–Trinajstić information content (AvgIpc) is 3.02. The van der Waals surface area contributed by atoms with Crippen molar-refractivity contribution in [1.29, 1.82) is 0 Å². The van der Waals surface area contributed by atoms with Crippen LogP contribution in [-0.4, -0.2) is 31.4 Å². The zero-order chi connectivity index (χ0) is 16.2. The van der Waals surface area contributed by atoms with Crippen molar-refractivity contribution in [2.24, 2.45) is 0 Å². The van der Waals surface area contributed by atoms with E-state index in [9.17, 15) is 4.79 Å². The Balaban J connectivity index is 1.65. The summed E-state index contributed by atoms with van der Waals surface area (Å²) in [5.41, 5.74) is 2.60. The van der Waals surface area contributed by atoms with E-state index < -0.39 is 0 Å². The van der Waals surface area contributed by atoms with E-state index in [-0.39, 0.29) is 17.2 Å². The first-order valence-electron chi connectivity index (χ1n) is 8.00. The van der Waals surface area contributed by atoms with Gasteiger partial charge in [0.05, 0.1) is 11.3 Å². The maximum atomic E-state index is 12.5. The second-order valence-corrected chi connectivity index (χ2v) is 7.00. The van der Waals surface area contributed by atoms with Gasteiger partial charge in [0.1, 0.15) is 0 Å². The average molecular weight is 331 g/mol. The molecule has 1 amide bonds. The predicted molar refractivity (Wildman–Crippen MR) is 89.1 cm³/mol. The minimum atomic E-state index is -0.236. The molecule has 0 radical (unpaired) electrons. The molecule has 1 aliphatic carbocycles. The van der Waals surface area contributed by atoms with Gasteiger partial charge in [0.2, 0.25) is 11.1 Å². The predicted octanol–water partition coefficient (Wildman–Crippen LogP) is 2.37. The van der Waals surface area contributed by atoms with Gasteiger partial charge in [0.15, 0.2) is 0 Å². The second-order valence-electron chi connectivity index (χ2n) is 5.69. The summed E-state index contributed by atoms with van der Waals surface area (Å²) in [4.78, 5) is 12.5. The Morgan fingerprint density at radius 2 is 2.30 bits per heavy atom. The number of hydrogen-bond acceptors (Lipinski definition) is 5. The van der Waals surface area contributed by atoms with Gasteiger partial charge in [0, 0.05) is 6.54 Å². The molecule has 3 rings (SSSR count). The molecule has 0 aliphatic heterocycles. The third-order valence-electron chi connectivity index (χ3n) is 4.14. The van der Waals surface area contributed by atoms with Crippen molar-refractivity contribution in [1.82, 2.24) is 25.5 Å². The number of fused-ring (bicyclic) bond motifs is 1. The van der Waals surface area contributed by atoms with Crippen LogP contribution in [0.2, 0.25) is 0 Å². The number of nitrogens with one attached hydrogen (secondary N) is 1. The van der Waals surface area contributed by atoms with E-state index in [2.05, 4.69) is 39.0 Å². The molecule has 0 bridgehead atoms. The second kappa shape index (κ2) is 7.12. The lowest BCUT2D eigenvalue weighted by Gasteiger charge is -2.27. The summed E-state index contributed by atoms with van der Waals surface area (Å²) in [6, 6.07) is 8.48. The molecule has 2 aromatic rings. The summed E-state index contributed by atoms with van der Waals surface area (Å²) in [7, 11) is 0. The zero-order valence-corrected chi connectivity index (χ0v) is 14.2. The number of carbonyl (C=O) groups is 1. The monoisotopic (exact) mass is 331 g/mol. The molecule has 7 heteroatoms. The van der Waals surface area contributed by atoms with Gasteiger partial charge in [-0.1, -0.05) is 36.0 Å². The molecular weight excluding hydrogens is 310 g/mol. The van der Waals surface area contributed by atoms with Crippen molar-refractivity contribution in [3.05, 3.63) is 35.4 Å². The van der Waals surface area contributed by atoms with Gasteiger partial charge in [-0.2, -0.15) is 0 Å². The highest BCUT2D eigenvalue weighted by Gasteiger charge is 2.25. The first-order chi connectivity index (χ1) is 11.2. The minimum absolute atomic E-state index is 0.0300. The van der Waals surface area contributed by atoms with Crippen LogP contribution < -0.4 is 5.32 Å². The number of hydrogen-bond donors (Lipinski definition) is 1. The number of amides is 1. The van der Waals surface area contributed by atoms with E-state index in [1.54, 1.807) is 4.68 Å². The van der Waals surface area contributed by atoms with Crippen molar-refractivity contribution in [2.75, 3.05) is 0 Å². The lowest BCUT2D eigenvalue weighted by molar-refractivity contribution is -0.121. The van der Waals surface area contributed by atoms with Gasteiger partial charge in [-0.25, -0.2) is 4.68 Å². The van der Waals surface area contributed by atoms with Crippen LogP contribution in [0.25, 0.3) is 0 Å². The third-order valence-corrected chi connectivity index (χ3v) is 5.21. The topological polar surface area (TPSA) is 72.7 Å². The SMILES string of the molecule is CCn1nnnc1S[C@@H](C)C(=O)N[C@H]1CCCc2ccccc21. The van der Waals surface area contributed by atoms with Crippen LogP contribution in [0.1, 0.15) is 43.9 Å². The van der Waals surface area contributed by atoms with Crippen molar-refractivity contribution >= 4 is 17.7 Å². The first-order valence-corrected chi connectivity index (χ1v) is 8.88. The number of rotatable bonds is 5. The van der Waals surface area contributed by atoms with E-state index in [0.29, 0.717) is 11.7 Å². The van der Waals surface area contributed by atoms with Crippen molar-refractivity contribution in [3.8, 4) is 0 Å². The van der Waals surface area contributed by atoms with E-state index in [1.807, 2.05) is 19.9 Å². The normalized spacial score (nSPS) is 18.3. The standard InChI is InChI=1S/C16H21N5OS/c1-3-21-16(18-19-20-21)23-11(2)15(22)17-14-10-6-8-12-7-4-5-9-13(12)14/h4-5,7,9,11,14H,3,6,8,10H2,1-2H3,(H,17,22)/t11-,14-/m0/s1. The third kappa shape index (κ3) is 3.55. The molecule has 0 saturated heterocycles. The molecule has 122 valence electrons. The number of aromatic nitrogens is 4. The molecule has 1 aliphatic rings. The molecule has 0 spiro atoms. The lowest BCUT2D eigenvalue weighted by Crippen LogP contribution is -2.36. The summed E-state index contributed by atoms with van der Waals surface area (Å²) < 4.78 is 1.70. The molecule has 0 fully saturated rings. The summed E-state index contributed by atoms with van der Waals surface area (Å²) in [5, 5.41) is 15.2. The van der Waals surface area contributed by atoms with Crippen LogP contribution in [-0.2, 0) is 17.8 Å². The summed E-state index contributed by atoms with van der Waals surface area (Å²) in [6.07, 6.45) is 3.20. The quantitative estimate of drug-likeness (QED) is 0.852. The van der Waals surface area contributed by atoms with Gasteiger partial charge in [-0.05, 0) is 54.7 Å². The fourth-order valence-corrected chi connectivity index (χ4v) is 3.75. The smallest absolute Gasteiger partial charge is 0.233 e. The highest BCUT2D eigenvalue weighted by atomic mass is 32.2. The first kappa shape index (κ1) is 16.0. The molecule has 1 N–H and O–H groups in total. The van der Waals surface area contributed by atoms with E-state index in [1.165, 1.54) is 22.9 Å². The minimum Gasteiger partial charge on any atom is -0.348 e. The van der Waals surface area contributed by atoms with E-state index in [0.717, 1.165) is 19.3 Å². The molecule has 0 unspecified atom stereocenters. The molecule has 1 aromatic carbocycles. The number of nitrogens with zero attached hydrogens (tertiary/aromatic N) is 4. The Bertz CT molecular complexity index is 687. The maximum Gasteiger partial charge on any atom is 0.233 e. The molecule has 1 heterocycles. The molecule has 6 nitrogen and oxygen atoms in total. The Morgan fingerprint density at radius 3 is 3.13 bits per heavy atom. The fraction of sp³-hybridized carbons (Fsp3) is 0.500. The van der Waals surface area contributed by atoms with Crippen LogP contribution in [0.5, 0.6) is 0 Å². The highest BCUT2D eigenvalue weighted by molar-refractivity contribution is 8.00. The van der Waals surface area contributed by atoms with Crippen LogP contribution in [0.4, 0.5) is 0 Å². The number of aryl methyl sites for hydroxylation is 2. The van der Waals surface area contributed by atoms with Crippen LogP contribution in [0.3, 0.4) is 0 Å². The summed E-state index contributed by atoms with van der Waals surface area (Å²) in [5.74, 6) is 0.0300. The van der Waals surface area contributed by atoms with E-state index >= 15 is 0 Å². The molecule has 1 aromatic heterocycles. The van der Waals surface area contributed by atoms with Crippen LogP contribution in [0.15, 0.2) is 29.4 Å². The molecule has 2 atom stereocenters. The van der Waals surface area contributed by atoms with Gasteiger partial charge >= 0.3 is 0 Å². The van der Waals surface area contributed by atoms with Crippen LogP contribution in [0, 0.1) is 0 Å². The summed E-state index contributed by atoms with van der Waals surface area (Å²) >= 11 is 1.39. The zero-order valence-electron chi connectivity index (χ0n) is 13.4. The highest BCUT2D eigenvalue weighted by Crippen LogP contribution is 2.30. The Labute approximate surface area is 140 Å². The van der Waals surface area contributed by atoms with Crippen LogP contribution >= 0.6 is 11.8 Å². The van der Waals surface area contributed by atoms with Crippen molar-refractivity contribution in [2.45, 2.75) is 56.1 Å². The van der Waals surface area contributed by atoms with Gasteiger partial charge in [-0.15, -0.1) is 5.10 Å². The van der Waals surface area contributed by atoms with E-state index in [4.69, 9.17) is 0 Å².